The molecule has 1 aliphatic carbocycles. The smallest absolute Gasteiger partial charge is 0.231 e. The molecule has 0 bridgehead atoms. The van der Waals surface area contributed by atoms with Gasteiger partial charge in [-0.15, -0.1) is 0 Å². The summed E-state index contributed by atoms with van der Waals surface area (Å²) in [6, 6.07) is 8.40. The zero-order chi connectivity index (χ0) is 16.5. The van der Waals surface area contributed by atoms with E-state index in [2.05, 4.69) is 28.3 Å². The van der Waals surface area contributed by atoms with Crippen LogP contribution in [0.1, 0.15) is 60.4 Å². The summed E-state index contributed by atoms with van der Waals surface area (Å²) >= 11 is 0. The van der Waals surface area contributed by atoms with Gasteiger partial charge in [-0.25, -0.2) is 0 Å². The first-order chi connectivity index (χ1) is 11.7. The quantitative estimate of drug-likeness (QED) is 0.851. The molecule has 1 aliphatic heterocycles. The molecule has 2 aromatic rings. The van der Waals surface area contributed by atoms with Crippen LogP contribution in [0.5, 0.6) is 0 Å². The highest BCUT2D eigenvalue weighted by atomic mass is 16.5. The Balaban J connectivity index is 1.52. The van der Waals surface area contributed by atoms with Gasteiger partial charge in [0.25, 0.3) is 0 Å². The number of hydrogen-bond donors (Lipinski definition) is 0. The van der Waals surface area contributed by atoms with Crippen LogP contribution in [-0.2, 0) is 11.2 Å². The maximum atomic E-state index is 13.2. The molecular formula is C19H23N3O2. The zero-order valence-corrected chi connectivity index (χ0v) is 14.1. The molecule has 1 aromatic carbocycles. The average molecular weight is 325 g/mol. The van der Waals surface area contributed by atoms with Crippen molar-refractivity contribution in [2.75, 3.05) is 13.1 Å². The summed E-state index contributed by atoms with van der Waals surface area (Å²) in [7, 11) is 0. The number of piperidine rings is 1. The van der Waals surface area contributed by atoms with E-state index in [4.69, 9.17) is 4.52 Å². The van der Waals surface area contributed by atoms with Gasteiger partial charge in [0.05, 0.1) is 11.8 Å². The lowest BCUT2D eigenvalue weighted by Crippen LogP contribution is -2.42. The molecule has 0 saturated carbocycles. The van der Waals surface area contributed by atoms with Gasteiger partial charge in [0.2, 0.25) is 11.8 Å². The fourth-order valence-electron chi connectivity index (χ4n) is 4.09. The molecule has 2 aliphatic rings. The molecule has 2 atom stereocenters. The fraction of sp³-hybridized carbons (Fsp3) is 0.526. The maximum Gasteiger partial charge on any atom is 0.231 e. The van der Waals surface area contributed by atoms with E-state index in [1.54, 1.807) is 0 Å². The van der Waals surface area contributed by atoms with Crippen LogP contribution in [0.4, 0.5) is 0 Å². The van der Waals surface area contributed by atoms with Crippen LogP contribution in [-0.4, -0.2) is 34.0 Å². The zero-order valence-electron chi connectivity index (χ0n) is 14.1. The first-order valence-electron chi connectivity index (χ1n) is 8.89. The van der Waals surface area contributed by atoms with E-state index in [1.165, 1.54) is 11.1 Å². The van der Waals surface area contributed by atoms with Gasteiger partial charge in [0.1, 0.15) is 0 Å². The molecule has 0 spiro atoms. The van der Waals surface area contributed by atoms with Gasteiger partial charge < -0.3 is 9.42 Å². The second-order valence-corrected chi connectivity index (χ2v) is 6.95. The second-order valence-electron chi connectivity index (χ2n) is 6.95. The molecule has 2 unspecified atom stereocenters. The van der Waals surface area contributed by atoms with E-state index < -0.39 is 0 Å². The molecule has 1 amide bonds. The molecule has 24 heavy (non-hydrogen) atoms. The Labute approximate surface area is 142 Å². The van der Waals surface area contributed by atoms with Gasteiger partial charge in [-0.2, -0.15) is 4.98 Å². The lowest BCUT2D eigenvalue weighted by molar-refractivity contribution is -0.134. The van der Waals surface area contributed by atoms with Crippen molar-refractivity contribution < 1.29 is 9.32 Å². The van der Waals surface area contributed by atoms with Crippen molar-refractivity contribution in [2.45, 2.75) is 50.9 Å². The Morgan fingerprint density at radius 1 is 1.25 bits per heavy atom. The summed E-state index contributed by atoms with van der Waals surface area (Å²) < 4.78 is 5.33. The third-order valence-corrected chi connectivity index (χ3v) is 5.29. The number of carbonyl (C=O) groups excluding carboxylic acids is 1. The van der Waals surface area contributed by atoms with E-state index >= 15 is 0 Å². The Kier molecular flexibility index (Phi) is 4.08. The summed E-state index contributed by atoms with van der Waals surface area (Å²) in [5, 5.41) is 3.89. The van der Waals surface area contributed by atoms with Crippen LogP contribution >= 0.6 is 0 Å². The summed E-state index contributed by atoms with van der Waals surface area (Å²) in [6.07, 6.45) is 5.13. The van der Waals surface area contributed by atoms with Gasteiger partial charge in [-0.3, -0.25) is 4.79 Å². The van der Waals surface area contributed by atoms with E-state index in [0.29, 0.717) is 18.3 Å². The van der Waals surface area contributed by atoms with E-state index in [0.717, 1.165) is 38.6 Å². The lowest BCUT2D eigenvalue weighted by Gasteiger charge is -2.35. The molecular weight excluding hydrogens is 302 g/mol. The Bertz CT molecular complexity index is 740. The monoisotopic (exact) mass is 325 g/mol. The number of likely N-dealkylation sites (tertiary alicyclic amines) is 1. The molecule has 1 aromatic heterocycles. The lowest BCUT2D eigenvalue weighted by atomic mass is 9.81. The van der Waals surface area contributed by atoms with Gasteiger partial charge in [0, 0.05) is 13.1 Å². The van der Waals surface area contributed by atoms with Crippen molar-refractivity contribution in [3.05, 3.63) is 47.1 Å². The molecule has 4 rings (SSSR count). The van der Waals surface area contributed by atoms with Crippen LogP contribution in [0.15, 0.2) is 28.8 Å². The second kappa shape index (κ2) is 6.38. The molecule has 1 fully saturated rings. The van der Waals surface area contributed by atoms with Crippen molar-refractivity contribution in [3.8, 4) is 0 Å². The maximum absolute atomic E-state index is 13.2. The fourth-order valence-corrected chi connectivity index (χ4v) is 4.09. The molecule has 0 radical (unpaired) electrons. The molecule has 0 N–H and O–H groups in total. The van der Waals surface area contributed by atoms with Gasteiger partial charge in [-0.1, -0.05) is 29.4 Å². The molecule has 1 saturated heterocycles. The molecule has 5 nitrogen and oxygen atoms in total. The predicted molar refractivity (Wildman–Crippen MR) is 89.7 cm³/mol. The summed E-state index contributed by atoms with van der Waals surface area (Å²) in [5.41, 5.74) is 2.56. The van der Waals surface area contributed by atoms with Gasteiger partial charge >= 0.3 is 0 Å². The number of hydrogen-bond acceptors (Lipinski definition) is 4. The minimum absolute atomic E-state index is 0.0121. The predicted octanol–water partition coefficient (Wildman–Crippen LogP) is 3.20. The SMILES string of the molecule is Cc1noc(C2CCCN(C(=O)C3CCCc4ccccc43)C2)n1. The highest BCUT2D eigenvalue weighted by Gasteiger charge is 2.34. The van der Waals surface area contributed by atoms with Crippen LogP contribution in [0.3, 0.4) is 0 Å². The minimum Gasteiger partial charge on any atom is -0.341 e. The van der Waals surface area contributed by atoms with E-state index in [1.807, 2.05) is 17.9 Å². The number of rotatable bonds is 2. The summed E-state index contributed by atoms with van der Waals surface area (Å²) in [5.74, 6) is 1.78. The summed E-state index contributed by atoms with van der Waals surface area (Å²) in [4.78, 5) is 19.5. The Morgan fingerprint density at radius 3 is 2.96 bits per heavy atom. The van der Waals surface area contributed by atoms with Gasteiger partial charge in [0.15, 0.2) is 5.82 Å². The number of aryl methyl sites for hydroxylation is 2. The highest BCUT2D eigenvalue weighted by molar-refractivity contribution is 5.84. The molecule has 2 heterocycles. The van der Waals surface area contributed by atoms with Crippen LogP contribution < -0.4 is 0 Å². The minimum atomic E-state index is 0.0121. The summed E-state index contributed by atoms with van der Waals surface area (Å²) in [6.45, 7) is 3.36. The average Bonchev–Trinajstić information content (AvgIpc) is 3.07. The number of nitrogens with zero attached hydrogens (tertiary/aromatic N) is 3. The highest BCUT2D eigenvalue weighted by Crippen LogP contribution is 2.35. The molecule has 5 heteroatoms. The number of benzene rings is 1. The van der Waals surface area contributed by atoms with Crippen LogP contribution in [0.25, 0.3) is 0 Å². The number of aromatic nitrogens is 2. The van der Waals surface area contributed by atoms with Crippen molar-refractivity contribution in [3.63, 3.8) is 0 Å². The first-order valence-corrected chi connectivity index (χ1v) is 8.89. The largest absolute Gasteiger partial charge is 0.341 e. The molecule has 126 valence electrons. The van der Waals surface area contributed by atoms with Crippen LogP contribution in [0.2, 0.25) is 0 Å². The van der Waals surface area contributed by atoms with Gasteiger partial charge in [-0.05, 0) is 50.2 Å². The topological polar surface area (TPSA) is 59.2 Å². The number of carbonyl (C=O) groups is 1. The van der Waals surface area contributed by atoms with Crippen molar-refractivity contribution in [1.82, 2.24) is 15.0 Å². The Morgan fingerprint density at radius 2 is 2.12 bits per heavy atom. The first kappa shape index (κ1) is 15.4. The van der Waals surface area contributed by atoms with E-state index in [9.17, 15) is 4.79 Å². The Hall–Kier alpha value is -2.17. The normalized spacial score (nSPS) is 23.8. The standard InChI is InChI=1S/C19H23N3O2/c1-13-20-18(24-21-13)15-8-5-11-22(12-15)19(23)17-10-4-7-14-6-2-3-9-16(14)17/h2-3,6,9,15,17H,4-5,7-8,10-12H2,1H3. The number of fused-ring (bicyclic) bond motifs is 1. The van der Waals surface area contributed by atoms with Crippen LogP contribution in [0, 0.1) is 6.92 Å². The van der Waals surface area contributed by atoms with E-state index in [-0.39, 0.29) is 17.7 Å². The number of amides is 1. The van der Waals surface area contributed by atoms with Crippen molar-refractivity contribution in [1.29, 1.82) is 0 Å². The van der Waals surface area contributed by atoms with Crippen molar-refractivity contribution in [2.24, 2.45) is 0 Å². The third kappa shape index (κ3) is 2.83. The third-order valence-electron chi connectivity index (χ3n) is 5.29. The van der Waals surface area contributed by atoms with Crippen molar-refractivity contribution >= 4 is 5.91 Å².